The van der Waals surface area contributed by atoms with Crippen LogP contribution < -0.4 is 15.8 Å². The van der Waals surface area contributed by atoms with Gasteiger partial charge >= 0.3 is 0 Å². The van der Waals surface area contributed by atoms with E-state index in [1.165, 1.54) is 18.6 Å². The molecule has 1 aromatic carbocycles. The van der Waals surface area contributed by atoms with Gasteiger partial charge in [-0.05, 0) is 37.1 Å². The number of hydrogen-bond acceptors (Lipinski definition) is 3. The van der Waals surface area contributed by atoms with Gasteiger partial charge in [0.15, 0.2) is 11.6 Å². The van der Waals surface area contributed by atoms with Crippen molar-refractivity contribution in [3.8, 4) is 5.75 Å². The molecule has 23 heavy (non-hydrogen) atoms. The molecule has 1 aromatic rings. The first-order chi connectivity index (χ1) is 11.1. The number of carbonyl (C=O) groups excluding carboxylic acids is 1. The van der Waals surface area contributed by atoms with Gasteiger partial charge in [0.1, 0.15) is 12.4 Å². The number of nitrogens with one attached hydrogen (secondary N) is 1. The maximum atomic E-state index is 14.0. The second-order valence-corrected chi connectivity index (χ2v) is 5.63. The van der Waals surface area contributed by atoms with Crippen molar-refractivity contribution >= 4 is 5.91 Å². The highest BCUT2D eigenvalue weighted by molar-refractivity contribution is 5.94. The zero-order chi connectivity index (χ0) is 16.7. The van der Waals surface area contributed by atoms with Crippen LogP contribution in [0.1, 0.15) is 42.5 Å². The number of ether oxygens (including phenoxy) is 1. The van der Waals surface area contributed by atoms with Gasteiger partial charge < -0.3 is 15.8 Å². The maximum Gasteiger partial charge on any atom is 0.251 e. The van der Waals surface area contributed by atoms with E-state index in [4.69, 9.17) is 10.5 Å². The molecule has 1 aliphatic rings. The van der Waals surface area contributed by atoms with Crippen LogP contribution in [0.2, 0.25) is 0 Å². The summed E-state index contributed by atoms with van der Waals surface area (Å²) in [5, 5.41) is 2.92. The van der Waals surface area contributed by atoms with Crippen LogP contribution >= 0.6 is 0 Å². The molecule has 1 fully saturated rings. The molecule has 0 aromatic heterocycles. The third-order valence-corrected chi connectivity index (χ3v) is 3.84. The zero-order valence-electron chi connectivity index (χ0n) is 13.0. The van der Waals surface area contributed by atoms with Gasteiger partial charge in [0, 0.05) is 18.2 Å². The fourth-order valence-corrected chi connectivity index (χ4v) is 2.61. The molecular formula is C17H22F2N2O2. The Morgan fingerprint density at radius 1 is 1.35 bits per heavy atom. The van der Waals surface area contributed by atoms with Gasteiger partial charge in [0.05, 0.1) is 0 Å². The topological polar surface area (TPSA) is 64.3 Å². The summed E-state index contributed by atoms with van der Waals surface area (Å²) in [5.41, 5.74) is 5.40. The minimum atomic E-state index is -0.693. The Bertz CT molecular complexity index is 570. The number of amides is 1. The van der Waals surface area contributed by atoms with Crippen molar-refractivity contribution in [1.29, 1.82) is 0 Å². The first-order valence-corrected chi connectivity index (χ1v) is 7.88. The predicted octanol–water partition coefficient (Wildman–Crippen LogP) is 3.08. The van der Waals surface area contributed by atoms with Gasteiger partial charge in [0.25, 0.3) is 5.91 Å². The standard InChI is InChI=1S/C17H22F2N2O2/c18-13(8-9-20)11-23-16-7-6-12(10-15(16)19)17(22)21-14-4-2-1-3-5-14/h6-8,10,14H,1-5,9,11,20H2,(H,21,22)/b13-8+. The number of hydrogen-bond donors (Lipinski definition) is 2. The van der Waals surface area contributed by atoms with Gasteiger partial charge in [0.2, 0.25) is 0 Å². The van der Waals surface area contributed by atoms with E-state index >= 15 is 0 Å². The molecule has 1 aliphatic carbocycles. The Labute approximate surface area is 134 Å². The molecule has 0 spiro atoms. The number of halogens is 2. The minimum Gasteiger partial charge on any atom is -0.483 e. The Hall–Kier alpha value is -1.95. The number of carbonyl (C=O) groups is 1. The fraction of sp³-hybridized carbons (Fsp3) is 0.471. The summed E-state index contributed by atoms with van der Waals surface area (Å²) >= 11 is 0. The van der Waals surface area contributed by atoms with E-state index in [2.05, 4.69) is 5.32 Å². The highest BCUT2D eigenvalue weighted by atomic mass is 19.1. The summed E-state index contributed by atoms with van der Waals surface area (Å²) in [5.74, 6) is -1.65. The van der Waals surface area contributed by atoms with Gasteiger partial charge in [-0.1, -0.05) is 19.3 Å². The molecule has 0 saturated heterocycles. The SMILES string of the molecule is NC/C=C(/F)COc1ccc(C(=O)NC2CCCCC2)cc1F. The quantitative estimate of drug-likeness (QED) is 0.845. The summed E-state index contributed by atoms with van der Waals surface area (Å²) in [4.78, 5) is 12.1. The van der Waals surface area contributed by atoms with Crippen molar-refractivity contribution in [2.75, 3.05) is 13.2 Å². The molecule has 0 heterocycles. The lowest BCUT2D eigenvalue weighted by Gasteiger charge is -2.22. The van der Waals surface area contributed by atoms with Crippen molar-refractivity contribution < 1.29 is 18.3 Å². The van der Waals surface area contributed by atoms with Crippen LogP contribution in [0.25, 0.3) is 0 Å². The van der Waals surface area contributed by atoms with Gasteiger partial charge in [-0.2, -0.15) is 0 Å². The highest BCUT2D eigenvalue weighted by Crippen LogP contribution is 2.21. The molecule has 0 aliphatic heterocycles. The largest absolute Gasteiger partial charge is 0.483 e. The van der Waals surface area contributed by atoms with E-state index in [1.54, 1.807) is 0 Å². The Morgan fingerprint density at radius 3 is 2.74 bits per heavy atom. The number of benzene rings is 1. The van der Waals surface area contributed by atoms with E-state index in [1.807, 2.05) is 0 Å². The van der Waals surface area contributed by atoms with Crippen LogP contribution in [0, 0.1) is 5.82 Å². The molecule has 0 bridgehead atoms. The van der Waals surface area contributed by atoms with E-state index in [9.17, 15) is 13.6 Å². The second-order valence-electron chi connectivity index (χ2n) is 5.63. The lowest BCUT2D eigenvalue weighted by atomic mass is 9.95. The van der Waals surface area contributed by atoms with Gasteiger partial charge in [-0.15, -0.1) is 0 Å². The molecule has 4 nitrogen and oxygen atoms in total. The van der Waals surface area contributed by atoms with Crippen LogP contribution in [0.15, 0.2) is 30.1 Å². The molecule has 0 unspecified atom stereocenters. The van der Waals surface area contributed by atoms with Crippen molar-refractivity contribution in [3.05, 3.63) is 41.5 Å². The maximum absolute atomic E-state index is 14.0. The summed E-state index contributed by atoms with van der Waals surface area (Å²) in [6.07, 6.45) is 6.48. The first kappa shape index (κ1) is 17.4. The summed E-state index contributed by atoms with van der Waals surface area (Å²) in [7, 11) is 0. The average Bonchev–Trinajstić information content (AvgIpc) is 2.55. The van der Waals surface area contributed by atoms with E-state index in [-0.39, 0.29) is 36.4 Å². The molecule has 1 saturated carbocycles. The number of rotatable bonds is 6. The molecular weight excluding hydrogens is 302 g/mol. The summed E-state index contributed by atoms with van der Waals surface area (Å²) < 4.78 is 32.1. The minimum absolute atomic E-state index is 0.0535. The summed E-state index contributed by atoms with van der Waals surface area (Å²) in [6.45, 7) is -0.334. The Balaban J connectivity index is 1.95. The first-order valence-electron chi connectivity index (χ1n) is 7.88. The fourth-order valence-electron chi connectivity index (χ4n) is 2.61. The molecule has 6 heteroatoms. The predicted molar refractivity (Wildman–Crippen MR) is 84.5 cm³/mol. The van der Waals surface area contributed by atoms with Crippen molar-refractivity contribution in [2.24, 2.45) is 5.73 Å². The zero-order valence-corrected chi connectivity index (χ0v) is 13.0. The van der Waals surface area contributed by atoms with Crippen LogP contribution in [-0.2, 0) is 0 Å². The van der Waals surface area contributed by atoms with E-state index in [0.717, 1.165) is 37.8 Å². The normalized spacial score (nSPS) is 16.2. The monoisotopic (exact) mass is 324 g/mol. The molecule has 1 amide bonds. The van der Waals surface area contributed by atoms with Crippen LogP contribution in [0.4, 0.5) is 8.78 Å². The smallest absolute Gasteiger partial charge is 0.251 e. The van der Waals surface area contributed by atoms with Gasteiger partial charge in [-0.3, -0.25) is 4.79 Å². The molecule has 0 radical (unpaired) electrons. The Morgan fingerprint density at radius 2 is 2.09 bits per heavy atom. The van der Waals surface area contributed by atoms with E-state index < -0.39 is 11.6 Å². The third kappa shape index (κ3) is 5.32. The van der Waals surface area contributed by atoms with Crippen molar-refractivity contribution in [1.82, 2.24) is 5.32 Å². The lowest BCUT2D eigenvalue weighted by Crippen LogP contribution is -2.36. The van der Waals surface area contributed by atoms with Crippen LogP contribution in [-0.4, -0.2) is 25.1 Å². The van der Waals surface area contributed by atoms with Crippen molar-refractivity contribution in [2.45, 2.75) is 38.1 Å². The Kier molecular flexibility index (Phi) is 6.52. The second kappa shape index (κ2) is 8.62. The van der Waals surface area contributed by atoms with Crippen LogP contribution in [0.5, 0.6) is 5.75 Å². The molecule has 126 valence electrons. The average molecular weight is 324 g/mol. The van der Waals surface area contributed by atoms with E-state index in [0.29, 0.717) is 0 Å². The summed E-state index contributed by atoms with van der Waals surface area (Å²) in [6, 6.07) is 4.07. The molecule has 0 atom stereocenters. The highest BCUT2D eigenvalue weighted by Gasteiger charge is 2.17. The molecule has 3 N–H and O–H groups in total. The van der Waals surface area contributed by atoms with Crippen LogP contribution in [0.3, 0.4) is 0 Å². The number of nitrogens with two attached hydrogens (primary N) is 1. The third-order valence-electron chi connectivity index (χ3n) is 3.84. The molecule has 2 rings (SSSR count). The lowest BCUT2D eigenvalue weighted by molar-refractivity contribution is 0.0927. The van der Waals surface area contributed by atoms with Crippen molar-refractivity contribution in [3.63, 3.8) is 0 Å². The van der Waals surface area contributed by atoms with Gasteiger partial charge in [-0.25, -0.2) is 8.78 Å².